The second-order valence-electron chi connectivity index (χ2n) is 7.80. The van der Waals surface area contributed by atoms with Crippen molar-refractivity contribution in [1.29, 1.82) is 0 Å². The Labute approximate surface area is 215 Å². The van der Waals surface area contributed by atoms with Gasteiger partial charge in [-0.1, -0.05) is 59.2 Å². The van der Waals surface area contributed by atoms with Crippen LogP contribution in [0.1, 0.15) is 23.7 Å². The first-order valence-electron chi connectivity index (χ1n) is 10.2. The van der Waals surface area contributed by atoms with Crippen LogP contribution in [0.3, 0.4) is 0 Å². The number of aliphatic carboxylic acids is 2. The Hall–Kier alpha value is -3.33. The molecule has 10 heteroatoms. The fourth-order valence-corrected chi connectivity index (χ4v) is 5.02. The van der Waals surface area contributed by atoms with Crippen molar-refractivity contribution in [2.24, 2.45) is 5.41 Å². The van der Waals surface area contributed by atoms with Gasteiger partial charge in [-0.2, -0.15) is 5.10 Å². The molecule has 0 spiro atoms. The minimum absolute atomic E-state index is 0.0575. The highest BCUT2D eigenvalue weighted by atomic mass is 35.5. The number of carbonyl (C=O) groups excluding carboxylic acids is 1. The van der Waals surface area contributed by atoms with E-state index < -0.39 is 17.4 Å². The average Bonchev–Trinajstić information content (AvgIpc) is 3.28. The summed E-state index contributed by atoms with van der Waals surface area (Å²) < 4.78 is 1.67. The number of hydrogen-bond acceptors (Lipinski definition) is 5. The number of thioether (sulfide) groups is 1. The third kappa shape index (κ3) is 7.08. The molecule has 0 saturated carbocycles. The quantitative estimate of drug-likeness (QED) is 0.367. The number of aldehydes is 1. The summed E-state index contributed by atoms with van der Waals surface area (Å²) in [5.74, 6) is -2.19. The van der Waals surface area contributed by atoms with Crippen molar-refractivity contribution in [3.63, 3.8) is 0 Å². The van der Waals surface area contributed by atoms with E-state index in [9.17, 15) is 24.6 Å². The Kier molecular flexibility index (Phi) is 8.56. The Bertz CT molecular complexity index is 1300. The Balaban J connectivity index is 0.000000223. The zero-order chi connectivity index (χ0) is 25.6. The maximum Gasteiger partial charge on any atom is 0.331 e. The Morgan fingerprint density at radius 2 is 1.77 bits per heavy atom. The molecule has 1 atom stereocenters. The van der Waals surface area contributed by atoms with E-state index >= 15 is 0 Å². The molecule has 1 aliphatic carbocycles. The zero-order valence-corrected chi connectivity index (χ0v) is 20.7. The molecule has 7 nitrogen and oxygen atoms in total. The number of para-hydroxylation sites is 1. The van der Waals surface area contributed by atoms with Gasteiger partial charge in [0, 0.05) is 31.6 Å². The number of carboxylic acid groups (broad SMARTS) is 2. The maximum atomic E-state index is 11.4. The predicted octanol–water partition coefficient (Wildman–Crippen LogP) is 6.16. The van der Waals surface area contributed by atoms with Gasteiger partial charge in [0.25, 0.3) is 0 Å². The first-order chi connectivity index (χ1) is 16.6. The van der Waals surface area contributed by atoms with Gasteiger partial charge in [-0.15, -0.1) is 0 Å². The first kappa shape index (κ1) is 26.3. The van der Waals surface area contributed by atoms with Crippen molar-refractivity contribution in [3.05, 3.63) is 99.2 Å². The maximum absolute atomic E-state index is 11.4. The van der Waals surface area contributed by atoms with E-state index in [2.05, 4.69) is 5.10 Å². The molecule has 4 rings (SSSR count). The molecule has 35 heavy (non-hydrogen) atoms. The lowest BCUT2D eigenvalue weighted by Gasteiger charge is -2.26. The highest BCUT2D eigenvalue weighted by Gasteiger charge is 2.36. The summed E-state index contributed by atoms with van der Waals surface area (Å²) in [6, 6.07) is 14.6. The van der Waals surface area contributed by atoms with Gasteiger partial charge in [0.2, 0.25) is 0 Å². The SMILES string of the molecule is CC1(C(=O)O)C=C(Sc2cc(Cl)cc(Cl)c2)C=C(C(=O)O)C1.O=Cc1cnn(-c2ccccc2)c1. The molecule has 1 heterocycles. The average molecular weight is 531 g/mol. The van der Waals surface area contributed by atoms with Crippen LogP contribution >= 0.6 is 35.0 Å². The van der Waals surface area contributed by atoms with Crippen LogP contribution in [0, 0.1) is 5.41 Å². The summed E-state index contributed by atoms with van der Waals surface area (Å²) in [6.45, 7) is 1.50. The molecule has 0 fully saturated rings. The van der Waals surface area contributed by atoms with E-state index in [-0.39, 0.29) is 12.0 Å². The highest BCUT2D eigenvalue weighted by Crippen LogP contribution is 2.41. The number of carbonyl (C=O) groups is 3. The Morgan fingerprint density at radius 1 is 1.11 bits per heavy atom. The van der Waals surface area contributed by atoms with E-state index in [1.165, 1.54) is 24.8 Å². The van der Waals surface area contributed by atoms with Crippen LogP contribution in [-0.2, 0) is 9.59 Å². The van der Waals surface area contributed by atoms with Gasteiger partial charge < -0.3 is 10.2 Å². The van der Waals surface area contributed by atoms with E-state index in [0.29, 0.717) is 25.4 Å². The standard InChI is InChI=1S/C15H12Cl2O4S.C10H8N2O/c1-15(14(20)21)6-8(13(18)19)2-12(7-15)22-11-4-9(16)3-10(17)5-11;13-8-9-6-11-12(7-9)10-4-2-1-3-5-10/h2-5,7H,6H2,1H3,(H,18,19)(H,20,21);1-8H. The van der Waals surface area contributed by atoms with E-state index in [0.717, 1.165) is 12.0 Å². The van der Waals surface area contributed by atoms with Gasteiger partial charge in [0.15, 0.2) is 6.29 Å². The predicted molar refractivity (Wildman–Crippen MR) is 135 cm³/mol. The highest BCUT2D eigenvalue weighted by molar-refractivity contribution is 8.03. The smallest absolute Gasteiger partial charge is 0.331 e. The summed E-state index contributed by atoms with van der Waals surface area (Å²) in [7, 11) is 0. The van der Waals surface area contributed by atoms with E-state index in [1.807, 2.05) is 30.3 Å². The van der Waals surface area contributed by atoms with Crippen molar-refractivity contribution in [2.75, 3.05) is 0 Å². The summed E-state index contributed by atoms with van der Waals surface area (Å²) >= 11 is 13.1. The number of carboxylic acids is 2. The fourth-order valence-electron chi connectivity index (χ4n) is 3.20. The number of nitrogens with zero attached hydrogens (tertiary/aromatic N) is 2. The molecule has 0 saturated heterocycles. The van der Waals surface area contributed by atoms with E-state index in [1.54, 1.807) is 41.4 Å². The van der Waals surface area contributed by atoms with Crippen LogP contribution in [0.2, 0.25) is 10.0 Å². The van der Waals surface area contributed by atoms with E-state index in [4.69, 9.17) is 23.2 Å². The molecule has 180 valence electrons. The largest absolute Gasteiger partial charge is 0.481 e. The lowest BCUT2D eigenvalue weighted by atomic mass is 9.80. The molecule has 0 bridgehead atoms. The summed E-state index contributed by atoms with van der Waals surface area (Å²) in [6.07, 6.45) is 7.00. The van der Waals surface area contributed by atoms with Crippen LogP contribution in [0.5, 0.6) is 0 Å². The minimum atomic E-state index is -1.26. The first-order valence-corrected chi connectivity index (χ1v) is 11.8. The molecular formula is C25H20Cl2N2O5S. The molecule has 3 aromatic rings. The number of halogens is 2. The monoisotopic (exact) mass is 530 g/mol. The van der Waals surface area contributed by atoms with Crippen molar-refractivity contribution in [1.82, 2.24) is 9.78 Å². The van der Waals surface area contributed by atoms with Gasteiger partial charge >= 0.3 is 11.9 Å². The third-order valence-corrected chi connectivity index (χ3v) is 6.31. The second-order valence-corrected chi connectivity index (χ2v) is 9.82. The van der Waals surface area contributed by atoms with Crippen molar-refractivity contribution in [2.45, 2.75) is 18.2 Å². The number of hydrogen-bond donors (Lipinski definition) is 2. The van der Waals surface area contributed by atoms with Crippen molar-refractivity contribution in [3.8, 4) is 5.69 Å². The molecule has 1 aliphatic rings. The van der Waals surface area contributed by atoms with Crippen molar-refractivity contribution < 1.29 is 24.6 Å². The van der Waals surface area contributed by atoms with Crippen LogP contribution in [0.4, 0.5) is 0 Å². The van der Waals surface area contributed by atoms with Gasteiger partial charge in [0.1, 0.15) is 0 Å². The van der Waals surface area contributed by atoms with Gasteiger partial charge in [0.05, 0.1) is 22.9 Å². The van der Waals surface area contributed by atoms with Crippen LogP contribution in [-0.4, -0.2) is 38.2 Å². The Morgan fingerprint density at radius 3 is 2.31 bits per heavy atom. The number of aromatic nitrogens is 2. The van der Waals surface area contributed by atoms with Gasteiger partial charge in [-0.3, -0.25) is 9.59 Å². The number of rotatable bonds is 6. The molecule has 0 radical (unpaired) electrons. The molecular weight excluding hydrogens is 511 g/mol. The molecule has 0 aliphatic heterocycles. The van der Waals surface area contributed by atoms with Crippen LogP contribution < -0.4 is 0 Å². The topological polar surface area (TPSA) is 109 Å². The fraction of sp³-hybridized carbons (Fsp3) is 0.120. The summed E-state index contributed by atoms with van der Waals surface area (Å²) in [4.78, 5) is 34.3. The number of benzene rings is 2. The second kappa shape index (κ2) is 11.4. The lowest BCUT2D eigenvalue weighted by molar-refractivity contribution is -0.145. The molecule has 0 amide bonds. The lowest BCUT2D eigenvalue weighted by Crippen LogP contribution is -2.29. The molecule has 2 N–H and O–H groups in total. The third-order valence-electron chi connectivity index (χ3n) is 4.93. The van der Waals surface area contributed by atoms with Crippen LogP contribution in [0.15, 0.2) is 88.5 Å². The normalized spacial score (nSPS) is 16.9. The molecule has 1 unspecified atom stereocenters. The number of allylic oxidation sites excluding steroid dienone is 1. The minimum Gasteiger partial charge on any atom is -0.481 e. The van der Waals surface area contributed by atoms with Gasteiger partial charge in [-0.05, 0) is 49.8 Å². The summed E-state index contributed by atoms with van der Waals surface area (Å²) in [5.41, 5.74) is 0.343. The molecule has 2 aromatic carbocycles. The summed E-state index contributed by atoms with van der Waals surface area (Å²) in [5, 5.41) is 23.5. The van der Waals surface area contributed by atoms with Crippen LogP contribution in [0.25, 0.3) is 5.69 Å². The molecule has 1 aromatic heterocycles. The van der Waals surface area contributed by atoms with Crippen molar-refractivity contribution >= 4 is 53.2 Å². The zero-order valence-electron chi connectivity index (χ0n) is 18.4. The van der Waals surface area contributed by atoms with Gasteiger partial charge in [-0.25, -0.2) is 9.48 Å².